The number of rotatable bonds is 5. The van der Waals surface area contributed by atoms with E-state index in [2.05, 4.69) is 15.1 Å². The van der Waals surface area contributed by atoms with E-state index in [0.717, 1.165) is 11.5 Å². The second-order valence-electron chi connectivity index (χ2n) is 6.46. The largest absolute Gasteiger partial charge is 0.475 e. The quantitative estimate of drug-likeness (QED) is 0.839. The van der Waals surface area contributed by atoms with Crippen molar-refractivity contribution in [2.24, 2.45) is 5.92 Å². The number of nitrogens with zero attached hydrogens (tertiary/aromatic N) is 4. The van der Waals surface area contributed by atoms with Crippen LogP contribution >= 0.6 is 0 Å². The first-order chi connectivity index (χ1) is 11.4. The molecule has 3 heterocycles. The van der Waals surface area contributed by atoms with Crippen LogP contribution in [0.25, 0.3) is 0 Å². The number of nitrogens with two attached hydrogens (primary N) is 1. The molecule has 0 unspecified atom stereocenters. The molecular formula is C16H23N5O3. The molecule has 0 aliphatic carbocycles. The van der Waals surface area contributed by atoms with Gasteiger partial charge in [-0.2, -0.15) is 9.97 Å². The number of hydrogen-bond donors (Lipinski definition) is 2. The maximum absolute atomic E-state index is 10.4. The predicted octanol–water partition coefficient (Wildman–Crippen LogP) is 1.18. The molecule has 0 spiro atoms. The van der Waals surface area contributed by atoms with Crippen LogP contribution in [0.15, 0.2) is 16.7 Å². The van der Waals surface area contributed by atoms with Crippen molar-refractivity contribution in [1.29, 1.82) is 0 Å². The second kappa shape index (κ2) is 6.64. The van der Waals surface area contributed by atoms with Gasteiger partial charge in [-0.25, -0.2) is 0 Å². The fourth-order valence-electron chi connectivity index (χ4n) is 2.91. The summed E-state index contributed by atoms with van der Waals surface area (Å²) in [4.78, 5) is 10.3. The molecule has 2 atom stereocenters. The minimum Gasteiger partial charge on any atom is -0.475 e. The maximum atomic E-state index is 10.4. The van der Waals surface area contributed by atoms with E-state index in [1.807, 2.05) is 31.7 Å². The molecule has 1 aliphatic heterocycles. The number of aryl methyl sites for hydroxylation is 1. The van der Waals surface area contributed by atoms with Gasteiger partial charge in [0.2, 0.25) is 11.8 Å². The smallest absolute Gasteiger partial charge is 0.225 e. The Balaban J connectivity index is 1.73. The number of aliphatic hydroxyl groups excluding tert-OH is 1. The van der Waals surface area contributed by atoms with Crippen LogP contribution in [0.5, 0.6) is 5.88 Å². The molecule has 1 aliphatic rings. The average molecular weight is 333 g/mol. The van der Waals surface area contributed by atoms with Crippen molar-refractivity contribution in [3.63, 3.8) is 0 Å². The minimum atomic E-state index is -0.471. The number of ether oxygens (including phenoxy) is 1. The molecule has 3 rings (SSSR count). The van der Waals surface area contributed by atoms with Crippen molar-refractivity contribution < 1.29 is 14.4 Å². The molecule has 0 radical (unpaired) electrons. The van der Waals surface area contributed by atoms with E-state index < -0.39 is 6.10 Å². The van der Waals surface area contributed by atoms with Crippen LogP contribution in [0.2, 0.25) is 0 Å². The minimum absolute atomic E-state index is 0.00115. The first-order valence-electron chi connectivity index (χ1n) is 8.07. The van der Waals surface area contributed by atoms with E-state index in [4.69, 9.17) is 15.0 Å². The zero-order valence-corrected chi connectivity index (χ0v) is 14.1. The summed E-state index contributed by atoms with van der Waals surface area (Å²) in [5.41, 5.74) is 6.62. The fourth-order valence-corrected chi connectivity index (χ4v) is 2.91. The average Bonchev–Trinajstić information content (AvgIpc) is 3.05. The Bertz CT molecular complexity index is 703. The Labute approximate surface area is 140 Å². The lowest BCUT2D eigenvalue weighted by atomic mass is 10.0. The van der Waals surface area contributed by atoms with Crippen molar-refractivity contribution in [2.45, 2.75) is 39.4 Å². The molecule has 0 aromatic carbocycles. The van der Waals surface area contributed by atoms with Gasteiger partial charge in [0.15, 0.2) is 0 Å². The molecule has 8 nitrogen and oxygen atoms in total. The summed E-state index contributed by atoms with van der Waals surface area (Å²) in [7, 11) is 0. The van der Waals surface area contributed by atoms with E-state index in [1.165, 1.54) is 0 Å². The van der Waals surface area contributed by atoms with Gasteiger partial charge in [0.1, 0.15) is 11.6 Å². The van der Waals surface area contributed by atoms with E-state index in [0.29, 0.717) is 31.2 Å². The third-order valence-corrected chi connectivity index (χ3v) is 3.93. The Hall–Kier alpha value is -2.35. The van der Waals surface area contributed by atoms with Crippen molar-refractivity contribution >= 4 is 11.8 Å². The third kappa shape index (κ3) is 3.76. The topological polar surface area (TPSA) is 111 Å². The number of aliphatic hydroxyl groups is 1. The van der Waals surface area contributed by atoms with Gasteiger partial charge in [0.05, 0.1) is 17.9 Å². The lowest BCUT2D eigenvalue weighted by Crippen LogP contribution is -2.23. The van der Waals surface area contributed by atoms with Crippen molar-refractivity contribution in [3.05, 3.63) is 23.6 Å². The molecule has 8 heteroatoms. The molecule has 130 valence electrons. The molecule has 1 saturated heterocycles. The highest BCUT2D eigenvalue weighted by molar-refractivity contribution is 5.47. The summed E-state index contributed by atoms with van der Waals surface area (Å²) >= 11 is 0. The summed E-state index contributed by atoms with van der Waals surface area (Å²) in [6, 6.07) is 3.65. The normalized spacial score (nSPS) is 20.8. The number of anilines is 2. The van der Waals surface area contributed by atoms with Crippen LogP contribution in [0, 0.1) is 12.8 Å². The molecule has 0 saturated carbocycles. The summed E-state index contributed by atoms with van der Waals surface area (Å²) < 4.78 is 10.9. The molecular weight excluding hydrogens is 310 g/mol. The van der Waals surface area contributed by atoms with Crippen LogP contribution in [0.4, 0.5) is 11.8 Å². The summed E-state index contributed by atoms with van der Waals surface area (Å²) in [6.07, 6.45) is 0.161. The van der Waals surface area contributed by atoms with Gasteiger partial charge in [-0.3, -0.25) is 0 Å². The first kappa shape index (κ1) is 16.5. The third-order valence-electron chi connectivity index (χ3n) is 3.93. The highest BCUT2D eigenvalue weighted by atomic mass is 16.5. The van der Waals surface area contributed by atoms with Gasteiger partial charge in [-0.05, 0) is 20.8 Å². The van der Waals surface area contributed by atoms with Gasteiger partial charge in [0, 0.05) is 37.6 Å². The molecule has 0 amide bonds. The standard InChI is InChI=1S/C16H23N5O3/c1-9(2)23-15-6-14(18-16(17)19-15)21-7-11(13(22)8-21)5-12-4-10(3)20-24-12/h4,6,9,11,13,22H,5,7-8H2,1-3H3,(H2,17,18,19)/t11-,13-/m1/s1. The Morgan fingerprint density at radius 2 is 2.17 bits per heavy atom. The van der Waals surface area contributed by atoms with E-state index >= 15 is 0 Å². The number of hydrogen-bond acceptors (Lipinski definition) is 8. The highest BCUT2D eigenvalue weighted by Crippen LogP contribution is 2.28. The van der Waals surface area contributed by atoms with Crippen LogP contribution in [0.1, 0.15) is 25.3 Å². The molecule has 2 aromatic rings. The number of aromatic nitrogens is 3. The Morgan fingerprint density at radius 3 is 2.83 bits per heavy atom. The van der Waals surface area contributed by atoms with Crippen molar-refractivity contribution in [2.75, 3.05) is 23.7 Å². The van der Waals surface area contributed by atoms with Crippen LogP contribution in [-0.4, -0.2) is 45.5 Å². The van der Waals surface area contributed by atoms with Gasteiger partial charge in [-0.15, -0.1) is 0 Å². The summed E-state index contributed by atoms with van der Waals surface area (Å²) in [5, 5.41) is 14.3. The zero-order valence-electron chi connectivity index (χ0n) is 14.1. The second-order valence-corrected chi connectivity index (χ2v) is 6.46. The molecule has 3 N–H and O–H groups in total. The van der Waals surface area contributed by atoms with Gasteiger partial charge >= 0.3 is 0 Å². The SMILES string of the molecule is Cc1cc(C[C@@H]2CN(c3cc(OC(C)C)nc(N)n3)C[C@H]2O)on1. The van der Waals surface area contributed by atoms with Gasteiger partial charge < -0.3 is 25.0 Å². The van der Waals surface area contributed by atoms with Crippen molar-refractivity contribution in [1.82, 2.24) is 15.1 Å². The molecule has 1 fully saturated rings. The monoisotopic (exact) mass is 333 g/mol. The molecule has 2 aromatic heterocycles. The summed E-state index contributed by atoms with van der Waals surface area (Å²) in [6.45, 7) is 6.86. The first-order valence-corrected chi connectivity index (χ1v) is 8.07. The Kier molecular flexibility index (Phi) is 4.57. The van der Waals surface area contributed by atoms with E-state index in [9.17, 15) is 5.11 Å². The molecule has 24 heavy (non-hydrogen) atoms. The lowest BCUT2D eigenvalue weighted by Gasteiger charge is -2.18. The maximum Gasteiger partial charge on any atom is 0.225 e. The zero-order chi connectivity index (χ0) is 17.3. The van der Waals surface area contributed by atoms with Gasteiger partial charge in [0.25, 0.3) is 0 Å². The van der Waals surface area contributed by atoms with Crippen LogP contribution in [-0.2, 0) is 6.42 Å². The predicted molar refractivity (Wildman–Crippen MR) is 88.9 cm³/mol. The lowest BCUT2D eigenvalue weighted by molar-refractivity contribution is 0.143. The molecule has 0 bridgehead atoms. The van der Waals surface area contributed by atoms with Crippen molar-refractivity contribution in [3.8, 4) is 5.88 Å². The van der Waals surface area contributed by atoms with E-state index in [1.54, 1.807) is 6.07 Å². The van der Waals surface area contributed by atoms with E-state index in [-0.39, 0.29) is 18.0 Å². The van der Waals surface area contributed by atoms with Crippen LogP contribution < -0.4 is 15.4 Å². The number of nitrogen functional groups attached to an aromatic ring is 1. The number of β-amino-alcohol motifs (C(OH)–C–C–N with tert-alkyl or cyclic N) is 1. The Morgan fingerprint density at radius 1 is 1.38 bits per heavy atom. The van der Waals surface area contributed by atoms with Crippen LogP contribution in [0.3, 0.4) is 0 Å². The summed E-state index contributed by atoms with van der Waals surface area (Å²) in [5.74, 6) is 2.09. The highest BCUT2D eigenvalue weighted by Gasteiger charge is 2.33. The van der Waals surface area contributed by atoms with Gasteiger partial charge in [-0.1, -0.05) is 5.16 Å². The fraction of sp³-hybridized carbons (Fsp3) is 0.562.